The zero-order chi connectivity index (χ0) is 11.5. The number of hydrogen-bond acceptors (Lipinski definition) is 3. The van der Waals surface area contributed by atoms with Crippen molar-refractivity contribution in [2.75, 3.05) is 0 Å². The van der Waals surface area contributed by atoms with Crippen LogP contribution in [-0.4, -0.2) is 12.1 Å². The maximum atomic E-state index is 11.8. The second kappa shape index (κ2) is 3.96. The first-order valence-corrected chi connectivity index (χ1v) is 3.64. The van der Waals surface area contributed by atoms with Crippen molar-refractivity contribution in [2.24, 2.45) is 0 Å². The summed E-state index contributed by atoms with van der Waals surface area (Å²) in [4.78, 5) is 14.3. The number of pyridine rings is 1. The highest BCUT2D eigenvalue weighted by atomic mass is 19.4. The third-order valence-corrected chi connectivity index (χ3v) is 1.32. The lowest BCUT2D eigenvalue weighted by atomic mass is 10.3. The molecule has 0 aliphatic rings. The molecule has 1 rings (SSSR count). The molecule has 0 fully saturated rings. The van der Waals surface area contributed by atoms with Gasteiger partial charge in [-0.1, -0.05) is 0 Å². The van der Waals surface area contributed by atoms with E-state index in [9.17, 15) is 18.0 Å². The molecule has 0 N–H and O–H groups in total. The van der Waals surface area contributed by atoms with Crippen LogP contribution in [0.2, 0.25) is 0 Å². The Bertz CT molecular complexity index is 423. The third-order valence-electron chi connectivity index (χ3n) is 1.32. The Kier molecular flexibility index (Phi) is 2.90. The van der Waals surface area contributed by atoms with Crippen molar-refractivity contribution in [3.05, 3.63) is 30.1 Å². The van der Waals surface area contributed by atoms with Crippen molar-refractivity contribution < 1.29 is 27.5 Å². The van der Waals surface area contributed by atoms with Crippen molar-refractivity contribution >= 4 is 5.97 Å². The topological polar surface area (TPSA) is 54.0 Å². The first-order chi connectivity index (χ1) is 6.93. The van der Waals surface area contributed by atoms with E-state index in [-0.39, 0.29) is 5.56 Å². The number of alkyl halides is 3. The minimum Gasteiger partial charge on any atom is -0.234 e. The highest BCUT2D eigenvalue weighted by Crippen LogP contribution is 2.14. The van der Waals surface area contributed by atoms with Gasteiger partial charge in [-0.05, 0) is 6.07 Å². The molecule has 0 atom stereocenters. The lowest BCUT2D eigenvalue weighted by Gasteiger charge is -1.99. The standard InChI is InChI=1S/C8H4F3N2O2/c9-8(10,11)7(14)15-13-3-1-2-6(4-12)5-13/h1-3,5H/q+1. The lowest BCUT2D eigenvalue weighted by Crippen LogP contribution is -2.50. The Morgan fingerprint density at radius 3 is 2.73 bits per heavy atom. The summed E-state index contributed by atoms with van der Waals surface area (Å²) in [6.07, 6.45) is -3.02. The molecule has 7 heteroatoms. The van der Waals surface area contributed by atoms with Crippen LogP contribution in [0.4, 0.5) is 13.2 Å². The molecule has 0 saturated carbocycles. The fourth-order valence-corrected chi connectivity index (χ4v) is 0.725. The van der Waals surface area contributed by atoms with Crippen LogP contribution in [0.15, 0.2) is 24.5 Å². The molecule has 1 heterocycles. The number of aromatic nitrogens is 1. The number of rotatable bonds is 1. The molecule has 0 amide bonds. The lowest BCUT2D eigenvalue weighted by molar-refractivity contribution is -0.871. The summed E-state index contributed by atoms with van der Waals surface area (Å²) in [5, 5.41) is 8.43. The summed E-state index contributed by atoms with van der Waals surface area (Å²) in [6, 6.07) is 4.32. The Labute approximate surface area is 82.1 Å². The molecule has 0 aliphatic carbocycles. The molecule has 0 saturated heterocycles. The van der Waals surface area contributed by atoms with E-state index >= 15 is 0 Å². The van der Waals surface area contributed by atoms with Gasteiger partial charge in [-0.15, -0.1) is 0 Å². The normalized spacial score (nSPS) is 10.5. The summed E-state index contributed by atoms with van der Waals surface area (Å²) >= 11 is 0. The van der Waals surface area contributed by atoms with Gasteiger partial charge in [0.2, 0.25) is 12.4 Å². The zero-order valence-corrected chi connectivity index (χ0v) is 7.15. The van der Waals surface area contributed by atoms with Gasteiger partial charge in [0.25, 0.3) is 0 Å². The maximum Gasteiger partial charge on any atom is 0.498 e. The van der Waals surface area contributed by atoms with Gasteiger partial charge in [0.15, 0.2) is 0 Å². The van der Waals surface area contributed by atoms with E-state index in [0.717, 1.165) is 12.4 Å². The maximum absolute atomic E-state index is 11.8. The molecule has 0 bridgehead atoms. The van der Waals surface area contributed by atoms with Crippen LogP contribution in [0.3, 0.4) is 0 Å². The summed E-state index contributed by atoms with van der Waals surface area (Å²) < 4.78 is 35.8. The molecule has 1 aromatic heterocycles. The quantitative estimate of drug-likeness (QED) is 0.638. The van der Waals surface area contributed by atoms with Crippen LogP contribution in [-0.2, 0) is 4.79 Å². The summed E-state index contributed by atoms with van der Waals surface area (Å²) in [5.41, 5.74) is 0.0764. The van der Waals surface area contributed by atoms with E-state index in [1.807, 2.05) is 0 Å². The first kappa shape index (κ1) is 11.0. The van der Waals surface area contributed by atoms with E-state index in [1.165, 1.54) is 12.1 Å². The second-order valence-electron chi connectivity index (χ2n) is 2.44. The van der Waals surface area contributed by atoms with E-state index in [0.29, 0.717) is 4.73 Å². The molecule has 15 heavy (non-hydrogen) atoms. The van der Waals surface area contributed by atoms with Crippen molar-refractivity contribution in [1.29, 1.82) is 5.26 Å². The van der Waals surface area contributed by atoms with Crippen molar-refractivity contribution in [1.82, 2.24) is 0 Å². The SMILES string of the molecule is N#Cc1ccc[n+](OC(=O)C(F)(F)F)c1. The molecular formula is C8H4F3N2O2+. The number of hydrogen-bond donors (Lipinski definition) is 0. The predicted octanol–water partition coefficient (Wildman–Crippen LogP) is 0.363. The van der Waals surface area contributed by atoms with Gasteiger partial charge in [-0.3, -0.25) is 0 Å². The van der Waals surface area contributed by atoms with Crippen LogP contribution >= 0.6 is 0 Å². The van der Waals surface area contributed by atoms with Crippen LogP contribution in [0, 0.1) is 11.3 Å². The average molecular weight is 217 g/mol. The van der Waals surface area contributed by atoms with Crippen molar-refractivity contribution in [3.63, 3.8) is 0 Å². The Balaban J connectivity index is 2.83. The fourth-order valence-electron chi connectivity index (χ4n) is 0.725. The Morgan fingerprint density at radius 2 is 2.20 bits per heavy atom. The van der Waals surface area contributed by atoms with Gasteiger partial charge < -0.3 is 0 Å². The number of carbonyl (C=O) groups excluding carboxylic acids is 1. The summed E-state index contributed by atoms with van der Waals surface area (Å²) in [6.45, 7) is 0. The van der Waals surface area contributed by atoms with Crippen LogP contribution in [0.1, 0.15) is 5.56 Å². The monoisotopic (exact) mass is 217 g/mol. The largest absolute Gasteiger partial charge is 0.498 e. The molecule has 0 aliphatic heterocycles. The number of halogens is 3. The van der Waals surface area contributed by atoms with Crippen LogP contribution in [0.25, 0.3) is 0 Å². The third kappa shape index (κ3) is 2.95. The Morgan fingerprint density at radius 1 is 1.53 bits per heavy atom. The molecule has 0 aromatic carbocycles. The molecule has 4 nitrogen and oxygen atoms in total. The highest BCUT2D eigenvalue weighted by molar-refractivity contribution is 5.75. The van der Waals surface area contributed by atoms with Crippen LogP contribution in [0.5, 0.6) is 0 Å². The summed E-state index contributed by atoms with van der Waals surface area (Å²) in [7, 11) is 0. The van der Waals surface area contributed by atoms with E-state index in [1.54, 1.807) is 6.07 Å². The number of carbonyl (C=O) groups is 1. The molecule has 0 unspecified atom stereocenters. The average Bonchev–Trinajstić information content (AvgIpc) is 2.16. The van der Waals surface area contributed by atoms with Gasteiger partial charge in [0.05, 0.1) is 0 Å². The van der Waals surface area contributed by atoms with E-state index in [2.05, 4.69) is 4.84 Å². The van der Waals surface area contributed by atoms with Crippen molar-refractivity contribution in [3.8, 4) is 6.07 Å². The van der Waals surface area contributed by atoms with Gasteiger partial charge in [-0.25, -0.2) is 4.79 Å². The molecule has 78 valence electrons. The molecule has 1 aromatic rings. The molecular weight excluding hydrogens is 213 g/mol. The number of nitriles is 1. The highest BCUT2D eigenvalue weighted by Gasteiger charge is 2.44. The molecule has 0 radical (unpaired) electrons. The minimum absolute atomic E-state index is 0.0764. The van der Waals surface area contributed by atoms with Gasteiger partial charge in [-0.2, -0.15) is 23.3 Å². The first-order valence-electron chi connectivity index (χ1n) is 3.64. The number of nitrogens with zero attached hydrogens (tertiary/aromatic N) is 2. The van der Waals surface area contributed by atoms with Gasteiger partial charge >= 0.3 is 12.1 Å². The van der Waals surface area contributed by atoms with Crippen LogP contribution < -0.4 is 9.57 Å². The zero-order valence-electron chi connectivity index (χ0n) is 7.15. The summed E-state index contributed by atoms with van der Waals surface area (Å²) in [5.74, 6) is -2.34. The fraction of sp³-hybridized carbons (Fsp3) is 0.125. The predicted molar refractivity (Wildman–Crippen MR) is 39.0 cm³/mol. The smallest absolute Gasteiger partial charge is 0.234 e. The minimum atomic E-state index is -5.06. The Hall–Kier alpha value is -2.10. The second-order valence-corrected chi connectivity index (χ2v) is 2.44. The van der Waals surface area contributed by atoms with Crippen molar-refractivity contribution in [2.45, 2.75) is 6.18 Å². The van der Waals surface area contributed by atoms with E-state index in [4.69, 9.17) is 5.26 Å². The van der Waals surface area contributed by atoms with Gasteiger partial charge in [0.1, 0.15) is 11.6 Å². The van der Waals surface area contributed by atoms with Gasteiger partial charge in [0, 0.05) is 10.8 Å². The molecule has 0 spiro atoms. The van der Waals surface area contributed by atoms with E-state index < -0.39 is 12.1 Å².